The van der Waals surface area contributed by atoms with Crippen molar-refractivity contribution in [3.63, 3.8) is 0 Å². The van der Waals surface area contributed by atoms with E-state index in [1.165, 1.54) is 16.0 Å². The van der Waals surface area contributed by atoms with Crippen molar-refractivity contribution in [3.8, 4) is 10.4 Å². The third-order valence-electron chi connectivity index (χ3n) is 2.43. The van der Waals surface area contributed by atoms with Crippen LogP contribution in [0.1, 0.15) is 16.3 Å². The molecule has 0 saturated heterocycles. The summed E-state index contributed by atoms with van der Waals surface area (Å²) in [5, 5.41) is 4.29. The van der Waals surface area contributed by atoms with Crippen LogP contribution in [0.3, 0.4) is 0 Å². The number of aryl methyl sites for hydroxylation is 2. The Balaban J connectivity index is 2.46. The summed E-state index contributed by atoms with van der Waals surface area (Å²) in [6, 6.07) is 8.59. The van der Waals surface area contributed by atoms with Gasteiger partial charge in [0.15, 0.2) is 0 Å². The van der Waals surface area contributed by atoms with Crippen molar-refractivity contribution < 1.29 is 0 Å². The lowest BCUT2D eigenvalue weighted by atomic mass is 10.1. The summed E-state index contributed by atoms with van der Waals surface area (Å²) >= 11 is 1.76. The standard InChI is InChI=1S/C13H16N2S/c1-9-5-4-6-11(7-9)13-12(8-14-3)15-10(2)16-13/h4-7,14H,8H2,1-3H3. The molecule has 0 saturated carbocycles. The van der Waals surface area contributed by atoms with Crippen molar-refractivity contribution in [2.24, 2.45) is 0 Å². The zero-order valence-corrected chi connectivity index (χ0v) is 10.7. The van der Waals surface area contributed by atoms with Gasteiger partial charge in [0.25, 0.3) is 0 Å². The van der Waals surface area contributed by atoms with Crippen LogP contribution in [0.4, 0.5) is 0 Å². The van der Waals surface area contributed by atoms with E-state index < -0.39 is 0 Å². The Labute approximate surface area is 100 Å². The highest BCUT2D eigenvalue weighted by atomic mass is 32.1. The number of rotatable bonds is 3. The molecule has 0 aliphatic heterocycles. The highest BCUT2D eigenvalue weighted by Crippen LogP contribution is 2.30. The zero-order chi connectivity index (χ0) is 11.5. The molecular formula is C13H16N2S. The van der Waals surface area contributed by atoms with Crippen molar-refractivity contribution in [1.82, 2.24) is 10.3 Å². The van der Waals surface area contributed by atoms with Gasteiger partial charge in [-0.05, 0) is 26.5 Å². The van der Waals surface area contributed by atoms with Gasteiger partial charge in [-0.2, -0.15) is 0 Å². The summed E-state index contributed by atoms with van der Waals surface area (Å²) in [5.41, 5.74) is 3.71. The quantitative estimate of drug-likeness (QED) is 0.879. The minimum atomic E-state index is 0.827. The van der Waals surface area contributed by atoms with E-state index in [1.54, 1.807) is 11.3 Å². The van der Waals surface area contributed by atoms with Gasteiger partial charge in [-0.25, -0.2) is 4.98 Å². The predicted molar refractivity (Wildman–Crippen MR) is 69.8 cm³/mol. The first-order chi connectivity index (χ1) is 7.70. The maximum atomic E-state index is 4.56. The Morgan fingerprint density at radius 2 is 2.12 bits per heavy atom. The van der Waals surface area contributed by atoms with E-state index in [1.807, 2.05) is 7.05 Å². The van der Waals surface area contributed by atoms with Crippen molar-refractivity contribution in [2.75, 3.05) is 7.05 Å². The zero-order valence-electron chi connectivity index (χ0n) is 9.87. The van der Waals surface area contributed by atoms with Gasteiger partial charge >= 0.3 is 0 Å². The van der Waals surface area contributed by atoms with Crippen molar-refractivity contribution >= 4 is 11.3 Å². The van der Waals surface area contributed by atoms with Crippen LogP contribution in [0.25, 0.3) is 10.4 Å². The van der Waals surface area contributed by atoms with Gasteiger partial charge in [0.2, 0.25) is 0 Å². The Morgan fingerprint density at radius 1 is 1.31 bits per heavy atom. The molecule has 0 spiro atoms. The first-order valence-electron chi connectivity index (χ1n) is 5.38. The molecule has 0 atom stereocenters. The molecular weight excluding hydrogens is 216 g/mol. The van der Waals surface area contributed by atoms with E-state index >= 15 is 0 Å². The average Bonchev–Trinajstić information content (AvgIpc) is 2.60. The molecule has 3 heteroatoms. The molecule has 84 valence electrons. The van der Waals surface area contributed by atoms with Gasteiger partial charge < -0.3 is 5.32 Å². The number of aromatic nitrogens is 1. The number of nitrogens with zero attached hydrogens (tertiary/aromatic N) is 1. The van der Waals surface area contributed by atoms with Crippen LogP contribution < -0.4 is 5.32 Å². The molecule has 2 nitrogen and oxygen atoms in total. The molecule has 0 fully saturated rings. The largest absolute Gasteiger partial charge is 0.314 e. The molecule has 0 bridgehead atoms. The van der Waals surface area contributed by atoms with E-state index in [0.29, 0.717) is 0 Å². The fraction of sp³-hybridized carbons (Fsp3) is 0.308. The Kier molecular flexibility index (Phi) is 3.36. The fourth-order valence-electron chi connectivity index (χ4n) is 1.77. The third-order valence-corrected chi connectivity index (χ3v) is 3.49. The molecule has 1 aromatic heterocycles. The van der Waals surface area contributed by atoms with Crippen LogP contribution in [0.15, 0.2) is 24.3 Å². The van der Waals surface area contributed by atoms with Gasteiger partial charge in [0, 0.05) is 6.54 Å². The van der Waals surface area contributed by atoms with Gasteiger partial charge in [0.05, 0.1) is 15.6 Å². The maximum Gasteiger partial charge on any atom is 0.0904 e. The third kappa shape index (κ3) is 2.31. The molecule has 0 unspecified atom stereocenters. The van der Waals surface area contributed by atoms with E-state index in [-0.39, 0.29) is 0 Å². The predicted octanol–water partition coefficient (Wildman–Crippen LogP) is 3.15. The summed E-state index contributed by atoms with van der Waals surface area (Å²) in [6.45, 7) is 5.01. The van der Waals surface area contributed by atoms with Crippen LogP contribution in [-0.4, -0.2) is 12.0 Å². The molecule has 0 aliphatic rings. The van der Waals surface area contributed by atoms with E-state index in [9.17, 15) is 0 Å². The average molecular weight is 232 g/mol. The van der Waals surface area contributed by atoms with Crippen LogP contribution >= 0.6 is 11.3 Å². The number of hydrogen-bond acceptors (Lipinski definition) is 3. The first-order valence-corrected chi connectivity index (χ1v) is 6.20. The lowest BCUT2D eigenvalue weighted by Gasteiger charge is -2.02. The molecule has 2 aromatic rings. The molecule has 16 heavy (non-hydrogen) atoms. The second-order valence-electron chi connectivity index (χ2n) is 3.91. The molecule has 1 N–H and O–H groups in total. The summed E-state index contributed by atoms with van der Waals surface area (Å²) in [7, 11) is 1.95. The van der Waals surface area contributed by atoms with Gasteiger partial charge in [-0.1, -0.05) is 29.8 Å². The second-order valence-corrected chi connectivity index (χ2v) is 5.11. The topological polar surface area (TPSA) is 24.9 Å². The van der Waals surface area contributed by atoms with Crippen LogP contribution in [0, 0.1) is 13.8 Å². The summed E-state index contributed by atoms with van der Waals surface area (Å²) < 4.78 is 0. The van der Waals surface area contributed by atoms with Crippen molar-refractivity contribution in [2.45, 2.75) is 20.4 Å². The Hall–Kier alpha value is -1.19. The molecule has 0 amide bonds. The molecule has 0 aliphatic carbocycles. The Bertz CT molecular complexity index is 488. The van der Waals surface area contributed by atoms with Crippen molar-refractivity contribution in [3.05, 3.63) is 40.5 Å². The normalized spacial score (nSPS) is 10.7. The first kappa shape index (κ1) is 11.3. The van der Waals surface area contributed by atoms with E-state index in [0.717, 1.165) is 17.2 Å². The monoisotopic (exact) mass is 232 g/mol. The van der Waals surface area contributed by atoms with E-state index in [2.05, 4.69) is 48.4 Å². The van der Waals surface area contributed by atoms with Crippen LogP contribution in [0.2, 0.25) is 0 Å². The second kappa shape index (κ2) is 4.76. The minimum Gasteiger partial charge on any atom is -0.314 e. The Morgan fingerprint density at radius 3 is 2.81 bits per heavy atom. The molecule has 2 rings (SSSR count). The minimum absolute atomic E-state index is 0.827. The van der Waals surface area contributed by atoms with Gasteiger partial charge in [-0.15, -0.1) is 11.3 Å². The van der Waals surface area contributed by atoms with Gasteiger partial charge in [0.1, 0.15) is 0 Å². The smallest absolute Gasteiger partial charge is 0.0904 e. The molecule has 0 radical (unpaired) electrons. The summed E-state index contributed by atoms with van der Waals surface area (Å²) in [5.74, 6) is 0. The number of thiazole rings is 1. The lowest BCUT2D eigenvalue weighted by Crippen LogP contribution is -2.06. The van der Waals surface area contributed by atoms with Crippen LogP contribution in [-0.2, 0) is 6.54 Å². The molecule has 1 heterocycles. The number of nitrogens with one attached hydrogen (secondary N) is 1. The molecule has 1 aromatic carbocycles. The van der Waals surface area contributed by atoms with Gasteiger partial charge in [-0.3, -0.25) is 0 Å². The fourth-order valence-corrected chi connectivity index (χ4v) is 2.70. The van der Waals surface area contributed by atoms with Crippen LogP contribution in [0.5, 0.6) is 0 Å². The highest BCUT2D eigenvalue weighted by Gasteiger charge is 2.10. The lowest BCUT2D eigenvalue weighted by molar-refractivity contribution is 0.796. The van der Waals surface area contributed by atoms with E-state index in [4.69, 9.17) is 0 Å². The summed E-state index contributed by atoms with van der Waals surface area (Å²) in [6.07, 6.45) is 0. The SMILES string of the molecule is CNCc1nc(C)sc1-c1cccc(C)c1. The highest BCUT2D eigenvalue weighted by molar-refractivity contribution is 7.15. The number of benzene rings is 1. The summed E-state index contributed by atoms with van der Waals surface area (Å²) in [4.78, 5) is 5.85. The van der Waals surface area contributed by atoms with Crippen molar-refractivity contribution in [1.29, 1.82) is 0 Å². The number of hydrogen-bond donors (Lipinski definition) is 1. The maximum absolute atomic E-state index is 4.56.